The van der Waals surface area contributed by atoms with Crippen molar-refractivity contribution in [3.8, 4) is 0 Å². The monoisotopic (exact) mass is 70.1 g/mol. The summed E-state index contributed by atoms with van der Waals surface area (Å²) in [6.07, 6.45) is 1.56. The fourth-order valence-electron chi connectivity index (χ4n) is 0.129. The quantitative estimate of drug-likeness (QED) is 0.407. The number of rotatable bonds is 1. The Kier molecular flexibility index (Phi) is 3.43. The first-order valence-electron chi connectivity index (χ1n) is 1.69. The zero-order valence-corrected chi connectivity index (χ0v) is 3.44. The highest BCUT2D eigenvalue weighted by molar-refractivity contribution is 5.61. The molecule has 29 valence electrons. The molecule has 0 saturated carbocycles. The number of nitrogens with zero attached hydrogens (tertiary/aromatic N) is 1. The molecule has 0 rings (SSSR count). The summed E-state index contributed by atoms with van der Waals surface area (Å²) in [5, 5.41) is 0. The molecule has 0 aliphatic carbocycles. The van der Waals surface area contributed by atoms with Gasteiger partial charge in [-0.15, -0.1) is 0 Å². The van der Waals surface area contributed by atoms with Gasteiger partial charge in [0, 0.05) is 6.54 Å². The third-order valence-corrected chi connectivity index (χ3v) is 0.312. The lowest BCUT2D eigenvalue weighted by Gasteiger charge is -1.67. The number of aliphatic imine (C=N–C) groups is 1. The first-order chi connectivity index (χ1) is 2.41. The van der Waals surface area contributed by atoms with Crippen LogP contribution >= 0.6 is 0 Å². The molecule has 0 fully saturated rings. The van der Waals surface area contributed by atoms with Crippen molar-refractivity contribution < 1.29 is 0 Å². The van der Waals surface area contributed by atoms with Crippen LogP contribution in [0.4, 0.5) is 0 Å². The third-order valence-electron chi connectivity index (χ3n) is 0.312. The van der Waals surface area contributed by atoms with E-state index in [0.717, 1.165) is 6.54 Å². The van der Waals surface area contributed by atoms with Gasteiger partial charge in [0.15, 0.2) is 0 Å². The van der Waals surface area contributed by atoms with E-state index in [1.807, 2.05) is 6.92 Å². The van der Waals surface area contributed by atoms with Crippen molar-refractivity contribution in [2.75, 3.05) is 6.54 Å². The molecule has 0 atom stereocenters. The molecule has 0 aromatic heterocycles. The third kappa shape index (κ3) is 3.67. The normalized spacial score (nSPS) is 10.0. The van der Waals surface area contributed by atoms with Gasteiger partial charge < -0.3 is 0 Å². The minimum atomic E-state index is 0.851. The van der Waals surface area contributed by atoms with Crippen molar-refractivity contribution in [3.63, 3.8) is 0 Å². The van der Waals surface area contributed by atoms with E-state index in [0.29, 0.717) is 0 Å². The molecular weight excluding hydrogens is 62.1 g/mol. The Labute approximate surface area is 32.7 Å². The molecule has 0 bridgehead atoms. The van der Waals surface area contributed by atoms with E-state index >= 15 is 0 Å². The van der Waals surface area contributed by atoms with Crippen molar-refractivity contribution >= 4 is 6.21 Å². The maximum atomic E-state index is 3.74. The molecule has 1 radical (unpaired) electrons. The lowest BCUT2D eigenvalue weighted by Crippen LogP contribution is -1.63. The summed E-state index contributed by atoms with van der Waals surface area (Å²) >= 11 is 0. The fourth-order valence-corrected chi connectivity index (χ4v) is 0.129. The minimum absolute atomic E-state index is 0.851. The van der Waals surface area contributed by atoms with Gasteiger partial charge >= 0.3 is 0 Å². The summed E-state index contributed by atoms with van der Waals surface area (Å²) in [6, 6.07) is 0. The van der Waals surface area contributed by atoms with Crippen molar-refractivity contribution in [1.82, 2.24) is 0 Å². The van der Waals surface area contributed by atoms with Crippen LogP contribution in [0.25, 0.3) is 0 Å². The highest BCUT2D eigenvalue weighted by Gasteiger charge is 1.51. The maximum Gasteiger partial charge on any atom is 0.0357 e. The Morgan fingerprint density at radius 2 is 2.60 bits per heavy atom. The smallest absolute Gasteiger partial charge is 0.0357 e. The van der Waals surface area contributed by atoms with Crippen molar-refractivity contribution in [2.24, 2.45) is 4.99 Å². The second-order valence-corrected chi connectivity index (χ2v) is 0.681. The van der Waals surface area contributed by atoms with Crippen LogP contribution in [0, 0.1) is 6.92 Å². The van der Waals surface area contributed by atoms with Gasteiger partial charge in [-0.2, -0.15) is 0 Å². The Morgan fingerprint density at radius 1 is 2.00 bits per heavy atom. The lowest BCUT2D eigenvalue weighted by atomic mass is 10.8. The number of hydrogen-bond acceptors (Lipinski definition) is 1. The summed E-state index contributed by atoms with van der Waals surface area (Å²) in [7, 11) is 0. The molecule has 0 amide bonds. The topological polar surface area (TPSA) is 12.4 Å². The van der Waals surface area contributed by atoms with Crippen molar-refractivity contribution in [1.29, 1.82) is 0 Å². The molecule has 0 N–H and O–H groups in total. The minimum Gasteiger partial charge on any atom is -0.298 e. The van der Waals surface area contributed by atoms with E-state index in [1.54, 1.807) is 6.21 Å². The van der Waals surface area contributed by atoms with Gasteiger partial charge in [0.2, 0.25) is 0 Å². The zero-order chi connectivity index (χ0) is 4.12. The molecule has 0 unspecified atom stereocenters. The molecule has 0 aliphatic heterocycles. The van der Waals surface area contributed by atoms with Gasteiger partial charge in [-0.25, -0.2) is 0 Å². The molecule has 0 spiro atoms. The summed E-state index contributed by atoms with van der Waals surface area (Å²) < 4.78 is 0. The van der Waals surface area contributed by atoms with Gasteiger partial charge in [0.25, 0.3) is 0 Å². The summed E-state index contributed by atoms with van der Waals surface area (Å²) in [6.45, 7) is 6.21. The van der Waals surface area contributed by atoms with Gasteiger partial charge in [0.05, 0.1) is 0 Å². The summed E-state index contributed by atoms with van der Waals surface area (Å²) in [5.74, 6) is 0. The molecule has 1 heteroatoms. The lowest BCUT2D eigenvalue weighted by molar-refractivity contribution is 1.14. The van der Waals surface area contributed by atoms with Crippen LogP contribution in [-0.2, 0) is 0 Å². The highest BCUT2D eigenvalue weighted by Crippen LogP contribution is 1.56. The van der Waals surface area contributed by atoms with E-state index in [4.69, 9.17) is 0 Å². The van der Waals surface area contributed by atoms with Gasteiger partial charge in [0.1, 0.15) is 0 Å². The Balaban J connectivity index is 2.62. The zero-order valence-electron chi connectivity index (χ0n) is 3.44. The van der Waals surface area contributed by atoms with E-state index in [-0.39, 0.29) is 0 Å². The standard InChI is InChI=1S/C4H8N/c1-3-5-4-2/h3H,1,4H2,2H3. The second-order valence-electron chi connectivity index (χ2n) is 0.681. The fraction of sp³-hybridized carbons (Fsp3) is 0.500. The molecule has 0 aliphatic rings. The van der Waals surface area contributed by atoms with Gasteiger partial charge in [-0.1, -0.05) is 0 Å². The van der Waals surface area contributed by atoms with Crippen LogP contribution in [0.5, 0.6) is 0 Å². The first kappa shape index (κ1) is 4.67. The van der Waals surface area contributed by atoms with Crippen LogP contribution < -0.4 is 0 Å². The molecular formula is C4H8N. The largest absolute Gasteiger partial charge is 0.298 e. The predicted molar refractivity (Wildman–Crippen MR) is 24.4 cm³/mol. The second kappa shape index (κ2) is 3.67. The molecule has 0 aromatic rings. The average Bonchev–Trinajstić information content (AvgIpc) is 1.41. The van der Waals surface area contributed by atoms with E-state index in [1.165, 1.54) is 0 Å². The van der Waals surface area contributed by atoms with Crippen LogP contribution in [0.3, 0.4) is 0 Å². The molecule has 5 heavy (non-hydrogen) atoms. The molecule has 0 aromatic carbocycles. The van der Waals surface area contributed by atoms with Gasteiger partial charge in [-0.3, -0.25) is 4.99 Å². The SMILES string of the molecule is [CH2]C=NCC. The Bertz CT molecular complexity index is 30.6. The van der Waals surface area contributed by atoms with Crippen LogP contribution in [0.15, 0.2) is 4.99 Å². The van der Waals surface area contributed by atoms with Crippen LogP contribution in [0.1, 0.15) is 6.92 Å². The predicted octanol–water partition coefficient (Wildman–Crippen LogP) is 0.911. The number of hydrogen-bond donors (Lipinski definition) is 0. The first-order valence-corrected chi connectivity index (χ1v) is 1.69. The average molecular weight is 70.1 g/mol. The Hall–Kier alpha value is -0.330. The Morgan fingerprint density at radius 3 is 2.60 bits per heavy atom. The molecule has 0 saturated heterocycles. The van der Waals surface area contributed by atoms with E-state index in [2.05, 4.69) is 11.9 Å². The van der Waals surface area contributed by atoms with E-state index in [9.17, 15) is 0 Å². The highest BCUT2D eigenvalue weighted by atomic mass is 14.7. The summed E-state index contributed by atoms with van der Waals surface area (Å²) in [4.78, 5) is 3.74. The summed E-state index contributed by atoms with van der Waals surface area (Å²) in [5.41, 5.74) is 0. The maximum absolute atomic E-state index is 3.74. The van der Waals surface area contributed by atoms with Crippen LogP contribution in [0.2, 0.25) is 0 Å². The molecule has 1 nitrogen and oxygen atoms in total. The van der Waals surface area contributed by atoms with Gasteiger partial charge in [-0.05, 0) is 20.1 Å². The van der Waals surface area contributed by atoms with Crippen LogP contribution in [-0.4, -0.2) is 12.8 Å². The van der Waals surface area contributed by atoms with Crippen molar-refractivity contribution in [2.45, 2.75) is 6.92 Å². The van der Waals surface area contributed by atoms with E-state index < -0.39 is 0 Å². The molecule has 0 heterocycles. The van der Waals surface area contributed by atoms with Crippen molar-refractivity contribution in [3.05, 3.63) is 6.92 Å².